The molecule has 0 aliphatic carbocycles. The van der Waals surface area contributed by atoms with Crippen LogP contribution in [-0.4, -0.2) is 28.2 Å². The molecule has 80 valence electrons. The summed E-state index contributed by atoms with van der Waals surface area (Å²) in [6, 6.07) is -0.952. The van der Waals surface area contributed by atoms with E-state index in [0.717, 1.165) is 0 Å². The number of hydrogen-bond acceptors (Lipinski definition) is 4. The molecule has 15 heavy (non-hydrogen) atoms. The molecule has 5 N–H and O–H groups in total. The van der Waals surface area contributed by atoms with Crippen LogP contribution < -0.4 is 11.1 Å². The van der Waals surface area contributed by atoms with E-state index in [-0.39, 0.29) is 10.6 Å². The van der Waals surface area contributed by atoms with Gasteiger partial charge in [-0.25, -0.2) is 14.4 Å². The van der Waals surface area contributed by atoms with Crippen molar-refractivity contribution in [3.8, 4) is 0 Å². The van der Waals surface area contributed by atoms with Crippen molar-refractivity contribution in [3.63, 3.8) is 0 Å². The van der Waals surface area contributed by atoms with E-state index in [1.807, 2.05) is 5.32 Å². The van der Waals surface area contributed by atoms with Gasteiger partial charge in [0.15, 0.2) is 0 Å². The Balaban J connectivity index is 3.24. The molecular formula is C7H6N2O5S. The predicted molar refractivity (Wildman–Crippen MR) is 51.4 cm³/mol. The highest BCUT2D eigenvalue weighted by Crippen LogP contribution is 2.27. The largest absolute Gasteiger partial charge is 0.478 e. The SMILES string of the molecule is NC(=O)Nc1csc(C(=O)O)c1C(=O)O. The molecule has 7 nitrogen and oxygen atoms in total. The molecule has 8 heteroatoms. The Morgan fingerprint density at radius 1 is 1.27 bits per heavy atom. The fourth-order valence-corrected chi connectivity index (χ4v) is 1.78. The minimum absolute atomic E-state index is 0.114. The van der Waals surface area contributed by atoms with Gasteiger partial charge in [0.2, 0.25) is 0 Å². The van der Waals surface area contributed by atoms with Crippen molar-refractivity contribution in [2.75, 3.05) is 5.32 Å². The zero-order chi connectivity index (χ0) is 11.6. The van der Waals surface area contributed by atoms with Crippen LogP contribution in [0.3, 0.4) is 0 Å². The third-order valence-corrected chi connectivity index (χ3v) is 2.43. The quantitative estimate of drug-likeness (QED) is 0.605. The standard InChI is InChI=1S/C7H6N2O5S/c8-7(14)9-2-1-15-4(6(12)13)3(2)5(10)11/h1H,(H,10,11)(H,12,13)(H3,8,9,14). The maximum absolute atomic E-state index is 10.7. The Morgan fingerprint density at radius 2 is 1.87 bits per heavy atom. The van der Waals surface area contributed by atoms with Gasteiger partial charge in [0.05, 0.1) is 5.69 Å². The predicted octanol–water partition coefficient (Wildman–Crippen LogP) is 0.635. The third-order valence-electron chi connectivity index (χ3n) is 1.46. The van der Waals surface area contributed by atoms with Crippen molar-refractivity contribution >= 4 is 35.0 Å². The Bertz CT molecular complexity index is 439. The number of carbonyl (C=O) groups excluding carboxylic acids is 1. The van der Waals surface area contributed by atoms with Crippen LogP contribution in [0, 0.1) is 0 Å². The maximum atomic E-state index is 10.7. The third kappa shape index (κ3) is 2.23. The summed E-state index contributed by atoms with van der Waals surface area (Å²) < 4.78 is 0. The second kappa shape index (κ2) is 3.96. The van der Waals surface area contributed by atoms with Crippen LogP contribution in [0.15, 0.2) is 5.38 Å². The molecule has 0 fully saturated rings. The van der Waals surface area contributed by atoms with Gasteiger partial charge in [0.25, 0.3) is 0 Å². The number of aromatic carboxylic acids is 2. The first kappa shape index (κ1) is 11.0. The molecule has 0 unspecified atom stereocenters. The van der Waals surface area contributed by atoms with Crippen molar-refractivity contribution in [1.82, 2.24) is 0 Å². The molecule has 0 aromatic carbocycles. The summed E-state index contributed by atoms with van der Waals surface area (Å²) in [4.78, 5) is 31.5. The minimum Gasteiger partial charge on any atom is -0.478 e. The maximum Gasteiger partial charge on any atom is 0.346 e. The van der Waals surface area contributed by atoms with Crippen LogP contribution in [-0.2, 0) is 0 Å². The lowest BCUT2D eigenvalue weighted by Crippen LogP contribution is -2.20. The van der Waals surface area contributed by atoms with Gasteiger partial charge in [-0.1, -0.05) is 0 Å². The first-order valence-corrected chi connectivity index (χ1v) is 4.46. The Labute approximate surface area is 87.1 Å². The van der Waals surface area contributed by atoms with Gasteiger partial charge in [-0.15, -0.1) is 11.3 Å². The van der Waals surface area contributed by atoms with Gasteiger partial charge >= 0.3 is 18.0 Å². The lowest BCUT2D eigenvalue weighted by atomic mass is 10.2. The first-order chi connectivity index (χ1) is 6.93. The average Bonchev–Trinajstić information content (AvgIpc) is 2.46. The molecule has 1 aromatic rings. The highest BCUT2D eigenvalue weighted by atomic mass is 32.1. The smallest absolute Gasteiger partial charge is 0.346 e. The van der Waals surface area contributed by atoms with E-state index in [0.29, 0.717) is 11.3 Å². The highest BCUT2D eigenvalue weighted by Gasteiger charge is 2.23. The Kier molecular flexibility index (Phi) is 2.90. The molecule has 0 saturated heterocycles. The minimum atomic E-state index is -1.43. The number of rotatable bonds is 3. The summed E-state index contributed by atoms with van der Waals surface area (Å²) in [6.07, 6.45) is 0. The number of carboxylic acids is 2. The van der Waals surface area contributed by atoms with Gasteiger partial charge in [0.1, 0.15) is 10.4 Å². The summed E-state index contributed by atoms with van der Waals surface area (Å²) in [6.45, 7) is 0. The number of thiophene rings is 1. The normalized spacial score (nSPS) is 9.60. The van der Waals surface area contributed by atoms with Crippen molar-refractivity contribution in [1.29, 1.82) is 0 Å². The van der Waals surface area contributed by atoms with Crippen LogP contribution in [0.5, 0.6) is 0 Å². The van der Waals surface area contributed by atoms with Crippen LogP contribution in [0.1, 0.15) is 20.0 Å². The summed E-state index contributed by atoms with van der Waals surface area (Å²) in [5.74, 6) is -2.80. The molecule has 0 aliphatic heterocycles. The molecule has 0 saturated carbocycles. The monoisotopic (exact) mass is 230 g/mol. The van der Waals surface area contributed by atoms with Gasteiger partial charge < -0.3 is 21.3 Å². The summed E-state index contributed by atoms with van der Waals surface area (Å²) in [7, 11) is 0. The van der Waals surface area contributed by atoms with Crippen molar-refractivity contribution in [2.24, 2.45) is 5.73 Å². The number of amides is 2. The molecule has 1 heterocycles. The van der Waals surface area contributed by atoms with Crippen LogP contribution in [0.25, 0.3) is 0 Å². The number of carbonyl (C=O) groups is 3. The zero-order valence-corrected chi connectivity index (χ0v) is 8.00. The van der Waals surface area contributed by atoms with E-state index in [9.17, 15) is 14.4 Å². The lowest BCUT2D eigenvalue weighted by Gasteiger charge is -2.00. The van der Waals surface area contributed by atoms with Crippen molar-refractivity contribution in [3.05, 3.63) is 15.8 Å². The summed E-state index contributed by atoms with van der Waals surface area (Å²) in [5, 5.41) is 20.7. The molecule has 0 atom stereocenters. The summed E-state index contributed by atoms with van der Waals surface area (Å²) in [5.41, 5.74) is 4.21. The van der Waals surface area contributed by atoms with Gasteiger partial charge in [-0.3, -0.25) is 0 Å². The van der Waals surface area contributed by atoms with E-state index in [1.165, 1.54) is 5.38 Å². The van der Waals surface area contributed by atoms with Gasteiger partial charge in [-0.2, -0.15) is 0 Å². The topological polar surface area (TPSA) is 130 Å². The first-order valence-electron chi connectivity index (χ1n) is 3.58. The van der Waals surface area contributed by atoms with E-state index < -0.39 is 23.5 Å². The van der Waals surface area contributed by atoms with Gasteiger partial charge in [-0.05, 0) is 0 Å². The molecule has 2 amide bonds. The Morgan fingerprint density at radius 3 is 2.27 bits per heavy atom. The second-order valence-electron chi connectivity index (χ2n) is 2.45. The Hall–Kier alpha value is -2.09. The molecular weight excluding hydrogens is 224 g/mol. The molecule has 0 bridgehead atoms. The second-order valence-corrected chi connectivity index (χ2v) is 3.33. The number of nitrogens with one attached hydrogen (secondary N) is 1. The molecule has 1 rings (SSSR count). The number of primary amides is 1. The van der Waals surface area contributed by atoms with Crippen molar-refractivity contribution < 1.29 is 24.6 Å². The van der Waals surface area contributed by atoms with E-state index >= 15 is 0 Å². The molecule has 0 radical (unpaired) electrons. The molecule has 1 aromatic heterocycles. The molecule has 0 aliphatic rings. The van der Waals surface area contributed by atoms with Crippen LogP contribution in [0.4, 0.5) is 10.5 Å². The highest BCUT2D eigenvalue weighted by molar-refractivity contribution is 7.13. The average molecular weight is 230 g/mol. The number of carboxylic acid groups (broad SMARTS) is 2. The number of urea groups is 1. The van der Waals surface area contributed by atoms with Crippen molar-refractivity contribution in [2.45, 2.75) is 0 Å². The number of nitrogens with two attached hydrogens (primary N) is 1. The zero-order valence-electron chi connectivity index (χ0n) is 7.18. The number of anilines is 1. The lowest BCUT2D eigenvalue weighted by molar-refractivity contribution is 0.0657. The fraction of sp³-hybridized carbons (Fsp3) is 0. The molecule has 0 spiro atoms. The van der Waals surface area contributed by atoms with Crippen LogP contribution >= 0.6 is 11.3 Å². The van der Waals surface area contributed by atoms with Crippen LogP contribution in [0.2, 0.25) is 0 Å². The fourth-order valence-electron chi connectivity index (χ4n) is 0.952. The van der Waals surface area contributed by atoms with E-state index in [1.54, 1.807) is 0 Å². The number of hydrogen-bond donors (Lipinski definition) is 4. The summed E-state index contributed by atoms with van der Waals surface area (Å²) >= 11 is 0.704. The van der Waals surface area contributed by atoms with Gasteiger partial charge in [0, 0.05) is 5.38 Å². The van der Waals surface area contributed by atoms with E-state index in [4.69, 9.17) is 15.9 Å². The van der Waals surface area contributed by atoms with E-state index in [2.05, 4.69) is 0 Å².